The van der Waals surface area contributed by atoms with Crippen LogP contribution in [-0.2, 0) is 6.42 Å². The van der Waals surface area contributed by atoms with Gasteiger partial charge in [-0.15, -0.1) is 0 Å². The molecule has 9 aromatic rings. The van der Waals surface area contributed by atoms with E-state index in [1.165, 1.54) is 55.1 Å². The Labute approximate surface area is 302 Å². The van der Waals surface area contributed by atoms with Crippen molar-refractivity contribution in [2.24, 2.45) is 0 Å². The van der Waals surface area contributed by atoms with E-state index in [2.05, 4.69) is 186 Å². The zero-order valence-electron chi connectivity index (χ0n) is 28.5. The van der Waals surface area contributed by atoms with Gasteiger partial charge >= 0.3 is 0 Å². The second kappa shape index (κ2) is 12.6. The third-order valence-corrected chi connectivity index (χ3v) is 10.5. The second-order valence-electron chi connectivity index (χ2n) is 13.6. The van der Waals surface area contributed by atoms with E-state index in [9.17, 15) is 0 Å². The van der Waals surface area contributed by atoms with Crippen molar-refractivity contribution in [1.29, 1.82) is 0 Å². The van der Waals surface area contributed by atoms with Gasteiger partial charge in [0.1, 0.15) is 11.3 Å². The fraction of sp³-hybridized carbons (Fsp3) is 0.0408. The van der Waals surface area contributed by atoms with Gasteiger partial charge in [0.05, 0.1) is 6.04 Å². The highest BCUT2D eigenvalue weighted by molar-refractivity contribution is 6.00. The predicted octanol–water partition coefficient (Wildman–Crippen LogP) is 12.9. The van der Waals surface area contributed by atoms with Gasteiger partial charge in [-0.3, -0.25) is 4.98 Å². The predicted molar refractivity (Wildman–Crippen MR) is 217 cm³/mol. The molecule has 2 aromatic heterocycles. The highest BCUT2D eigenvalue weighted by Gasteiger charge is 2.27. The number of nitrogens with zero attached hydrogens (tertiary/aromatic N) is 2. The molecule has 0 spiro atoms. The molecule has 3 nitrogen and oxygen atoms in total. The van der Waals surface area contributed by atoms with E-state index >= 15 is 0 Å². The summed E-state index contributed by atoms with van der Waals surface area (Å²) in [5.74, 6) is 1.01. The van der Waals surface area contributed by atoms with Gasteiger partial charge in [-0.25, -0.2) is 0 Å². The Hall–Kier alpha value is -6.71. The standard InChI is InChI=1S/C49H34N2O/c1-2-7-33(8-3-1)35-17-21-41(22-18-35)51(43-25-26-46-47-29-39-27-28-50-32-40(39)30-48(47)52-49(46)31-43)42-23-19-36(20-24-42)34-13-15-38(16-14-34)45-12-6-10-37-9-4-5-11-44(37)45/h1-30,32,43H,31H2. The first kappa shape index (κ1) is 30.1. The summed E-state index contributed by atoms with van der Waals surface area (Å²) < 4.78 is 6.56. The van der Waals surface area contributed by atoms with Gasteiger partial charge in [0.2, 0.25) is 0 Å². The quantitative estimate of drug-likeness (QED) is 0.177. The molecule has 52 heavy (non-hydrogen) atoms. The third kappa shape index (κ3) is 5.35. The van der Waals surface area contributed by atoms with Crippen LogP contribution in [0.15, 0.2) is 187 Å². The maximum Gasteiger partial charge on any atom is 0.135 e. The number of benzene rings is 7. The highest BCUT2D eigenvalue weighted by Crippen LogP contribution is 2.39. The van der Waals surface area contributed by atoms with E-state index < -0.39 is 0 Å². The van der Waals surface area contributed by atoms with Gasteiger partial charge in [-0.1, -0.05) is 133 Å². The number of anilines is 2. The lowest BCUT2D eigenvalue weighted by molar-refractivity contribution is 0.529. The van der Waals surface area contributed by atoms with E-state index in [-0.39, 0.29) is 6.04 Å². The molecule has 1 aliphatic carbocycles. The lowest BCUT2D eigenvalue weighted by atomic mass is 9.95. The van der Waals surface area contributed by atoms with Gasteiger partial charge < -0.3 is 9.32 Å². The minimum absolute atomic E-state index is 0.0672. The Morgan fingerprint density at radius 1 is 0.519 bits per heavy atom. The van der Waals surface area contributed by atoms with Crippen LogP contribution in [-0.4, -0.2) is 11.0 Å². The molecule has 0 amide bonds. The van der Waals surface area contributed by atoms with Crippen LogP contribution in [0.5, 0.6) is 0 Å². The molecule has 2 heterocycles. The van der Waals surface area contributed by atoms with Crippen LogP contribution >= 0.6 is 0 Å². The van der Waals surface area contributed by atoms with Crippen molar-refractivity contribution in [1.82, 2.24) is 4.98 Å². The second-order valence-corrected chi connectivity index (χ2v) is 13.6. The van der Waals surface area contributed by atoms with Crippen LogP contribution in [0, 0.1) is 0 Å². The number of aromatic nitrogens is 1. The molecule has 0 saturated heterocycles. The molecule has 1 atom stereocenters. The van der Waals surface area contributed by atoms with Crippen LogP contribution < -0.4 is 4.90 Å². The number of fused-ring (bicyclic) bond motifs is 5. The van der Waals surface area contributed by atoms with Crippen LogP contribution in [0.2, 0.25) is 0 Å². The summed E-state index contributed by atoms with van der Waals surface area (Å²) in [5.41, 5.74) is 11.6. The Kier molecular flexibility index (Phi) is 7.28. The lowest BCUT2D eigenvalue weighted by Crippen LogP contribution is -2.32. The van der Waals surface area contributed by atoms with Crippen molar-refractivity contribution >= 4 is 50.0 Å². The largest absolute Gasteiger partial charge is 0.460 e. The van der Waals surface area contributed by atoms with Gasteiger partial charge in [0.25, 0.3) is 0 Å². The first-order valence-electron chi connectivity index (χ1n) is 17.9. The van der Waals surface area contributed by atoms with Crippen molar-refractivity contribution in [2.75, 3.05) is 4.90 Å². The third-order valence-electron chi connectivity index (χ3n) is 10.5. The zero-order chi connectivity index (χ0) is 34.4. The fourth-order valence-electron chi connectivity index (χ4n) is 7.84. The van der Waals surface area contributed by atoms with Crippen molar-refractivity contribution in [3.8, 4) is 33.4 Å². The molecular formula is C49H34N2O. The first-order chi connectivity index (χ1) is 25.7. The maximum atomic E-state index is 6.56. The van der Waals surface area contributed by atoms with Crippen LogP contribution in [0.4, 0.5) is 11.4 Å². The molecule has 0 aliphatic heterocycles. The number of rotatable bonds is 6. The monoisotopic (exact) mass is 666 g/mol. The molecule has 10 rings (SSSR count). The smallest absolute Gasteiger partial charge is 0.135 e. The van der Waals surface area contributed by atoms with E-state index in [1.807, 2.05) is 12.4 Å². The van der Waals surface area contributed by atoms with Crippen LogP contribution in [0.3, 0.4) is 0 Å². The SMILES string of the molecule is C1=CC(N(c2ccc(-c3ccccc3)cc2)c2ccc(-c3ccc(-c4cccc5ccccc45)cc3)cc2)Cc2oc3cc4cnccc4cc3c21. The fourth-order valence-corrected chi connectivity index (χ4v) is 7.84. The molecule has 3 heteroatoms. The molecule has 0 fully saturated rings. The van der Waals surface area contributed by atoms with Crippen molar-refractivity contribution in [3.05, 3.63) is 194 Å². The van der Waals surface area contributed by atoms with Crippen molar-refractivity contribution in [2.45, 2.75) is 12.5 Å². The molecule has 0 radical (unpaired) electrons. The Morgan fingerprint density at radius 2 is 1.15 bits per heavy atom. The summed E-state index contributed by atoms with van der Waals surface area (Å²) in [6, 6.07) is 59.0. The van der Waals surface area contributed by atoms with Crippen molar-refractivity contribution in [3.63, 3.8) is 0 Å². The van der Waals surface area contributed by atoms with Crippen LogP contribution in [0.25, 0.3) is 72.0 Å². The molecule has 7 aromatic carbocycles. The molecule has 0 N–H and O–H groups in total. The first-order valence-corrected chi connectivity index (χ1v) is 17.9. The summed E-state index contributed by atoms with van der Waals surface area (Å²) in [6.07, 6.45) is 9.09. The molecule has 0 saturated carbocycles. The molecule has 1 unspecified atom stereocenters. The summed E-state index contributed by atoms with van der Waals surface area (Å²) >= 11 is 0. The summed E-state index contributed by atoms with van der Waals surface area (Å²) in [5, 5.41) is 5.94. The van der Waals surface area contributed by atoms with Crippen LogP contribution in [0.1, 0.15) is 11.3 Å². The van der Waals surface area contributed by atoms with E-state index in [0.29, 0.717) is 0 Å². The number of hydrogen-bond acceptors (Lipinski definition) is 3. The topological polar surface area (TPSA) is 29.3 Å². The normalized spacial score (nSPS) is 13.8. The van der Waals surface area contributed by atoms with Gasteiger partial charge in [-0.2, -0.15) is 0 Å². The number of pyridine rings is 1. The molecular weight excluding hydrogens is 633 g/mol. The average molecular weight is 667 g/mol. The Bertz CT molecular complexity index is 2740. The summed E-state index contributed by atoms with van der Waals surface area (Å²) in [4.78, 5) is 6.76. The molecule has 1 aliphatic rings. The van der Waals surface area contributed by atoms with Gasteiger partial charge in [0, 0.05) is 46.5 Å². The highest BCUT2D eigenvalue weighted by atomic mass is 16.3. The molecule has 246 valence electrons. The zero-order valence-corrected chi connectivity index (χ0v) is 28.5. The summed E-state index contributed by atoms with van der Waals surface area (Å²) in [6.45, 7) is 0. The van der Waals surface area contributed by atoms with Gasteiger partial charge in [0.15, 0.2) is 0 Å². The number of hydrogen-bond donors (Lipinski definition) is 0. The number of furan rings is 1. The maximum absolute atomic E-state index is 6.56. The van der Waals surface area contributed by atoms with Gasteiger partial charge in [-0.05, 0) is 92.0 Å². The molecule has 0 bridgehead atoms. The van der Waals surface area contributed by atoms with E-state index in [0.717, 1.165) is 39.9 Å². The van der Waals surface area contributed by atoms with E-state index in [1.54, 1.807) is 0 Å². The van der Waals surface area contributed by atoms with E-state index in [4.69, 9.17) is 4.42 Å². The average Bonchev–Trinajstić information content (AvgIpc) is 3.57. The minimum Gasteiger partial charge on any atom is -0.460 e. The Morgan fingerprint density at radius 3 is 1.90 bits per heavy atom. The Balaban J connectivity index is 0.993. The lowest BCUT2D eigenvalue weighted by Gasteiger charge is -2.33. The van der Waals surface area contributed by atoms with Crippen molar-refractivity contribution < 1.29 is 4.42 Å². The summed E-state index contributed by atoms with van der Waals surface area (Å²) in [7, 11) is 0. The minimum atomic E-state index is 0.0672.